The maximum atomic E-state index is 12.4. The van der Waals surface area contributed by atoms with Gasteiger partial charge in [-0.15, -0.1) is 0 Å². The van der Waals surface area contributed by atoms with Gasteiger partial charge in [-0.2, -0.15) is 0 Å². The van der Waals surface area contributed by atoms with Gasteiger partial charge in [-0.3, -0.25) is 14.9 Å². The Labute approximate surface area is 126 Å². The zero-order chi connectivity index (χ0) is 15.1. The van der Waals surface area contributed by atoms with E-state index in [0.717, 1.165) is 19.3 Å². The number of fused-ring (bicyclic) bond motifs is 2. The maximum Gasteiger partial charge on any atom is 0.288 e. The molecule has 1 aromatic carbocycles. The predicted molar refractivity (Wildman–Crippen MR) is 79.0 cm³/mol. The van der Waals surface area contributed by atoms with Gasteiger partial charge in [-0.1, -0.05) is 11.6 Å². The molecule has 3 N–H and O–H groups in total. The Kier molecular flexibility index (Phi) is 3.59. The summed E-state index contributed by atoms with van der Waals surface area (Å²) >= 11 is 5.84. The average Bonchev–Trinajstić information content (AvgIpc) is 2.98. The van der Waals surface area contributed by atoms with Gasteiger partial charge < -0.3 is 11.1 Å². The zero-order valence-corrected chi connectivity index (χ0v) is 12.0. The number of hydrogen-bond acceptors (Lipinski definition) is 4. The van der Waals surface area contributed by atoms with E-state index in [-0.39, 0.29) is 28.6 Å². The summed E-state index contributed by atoms with van der Waals surface area (Å²) in [4.78, 5) is 22.5. The van der Waals surface area contributed by atoms with Crippen molar-refractivity contribution in [2.24, 2.45) is 23.5 Å². The van der Waals surface area contributed by atoms with Crippen LogP contribution in [0.5, 0.6) is 0 Å². The van der Waals surface area contributed by atoms with Crippen LogP contribution in [0.1, 0.15) is 19.3 Å². The second kappa shape index (κ2) is 5.27. The molecule has 0 saturated heterocycles. The van der Waals surface area contributed by atoms with Crippen molar-refractivity contribution in [3.8, 4) is 0 Å². The van der Waals surface area contributed by atoms with Crippen LogP contribution in [-0.4, -0.2) is 16.9 Å². The molecule has 6 nitrogen and oxygen atoms in total. The third-order valence-corrected chi connectivity index (χ3v) is 5.00. The van der Waals surface area contributed by atoms with Crippen LogP contribution in [0.4, 0.5) is 11.4 Å². The second-order valence-corrected chi connectivity index (χ2v) is 6.26. The molecule has 2 saturated carbocycles. The van der Waals surface area contributed by atoms with E-state index in [9.17, 15) is 14.9 Å². The van der Waals surface area contributed by atoms with E-state index in [1.54, 1.807) is 0 Å². The average molecular weight is 310 g/mol. The summed E-state index contributed by atoms with van der Waals surface area (Å²) in [5.74, 6) is 0.530. The Morgan fingerprint density at radius 1 is 1.38 bits per heavy atom. The first-order chi connectivity index (χ1) is 9.97. The number of carbonyl (C=O) groups excluding carboxylic acids is 1. The highest BCUT2D eigenvalue weighted by Gasteiger charge is 2.49. The minimum Gasteiger partial charge on any atom is -0.327 e. The fourth-order valence-electron chi connectivity index (χ4n) is 3.68. The summed E-state index contributed by atoms with van der Waals surface area (Å²) in [6.45, 7) is 0. The van der Waals surface area contributed by atoms with E-state index < -0.39 is 4.92 Å². The van der Waals surface area contributed by atoms with E-state index in [1.165, 1.54) is 18.2 Å². The fourth-order valence-corrected chi connectivity index (χ4v) is 3.93. The van der Waals surface area contributed by atoms with Gasteiger partial charge in [0.05, 0.1) is 10.8 Å². The molecule has 0 aromatic heterocycles. The highest BCUT2D eigenvalue weighted by atomic mass is 35.5. The third kappa shape index (κ3) is 2.49. The molecule has 1 aromatic rings. The van der Waals surface area contributed by atoms with Crippen molar-refractivity contribution < 1.29 is 9.72 Å². The van der Waals surface area contributed by atoms with Crippen molar-refractivity contribution in [1.82, 2.24) is 0 Å². The van der Waals surface area contributed by atoms with Crippen LogP contribution in [0.3, 0.4) is 0 Å². The number of anilines is 1. The summed E-state index contributed by atoms with van der Waals surface area (Å²) in [5, 5.41) is 13.5. The van der Waals surface area contributed by atoms with Gasteiger partial charge in [0.25, 0.3) is 5.69 Å². The Balaban J connectivity index is 1.73. The summed E-state index contributed by atoms with van der Waals surface area (Å²) in [5.41, 5.74) is 6.43. The highest BCUT2D eigenvalue weighted by molar-refractivity contribution is 6.33. The van der Waals surface area contributed by atoms with Crippen molar-refractivity contribution >= 4 is 28.9 Å². The normalized spacial score (nSPS) is 30.4. The van der Waals surface area contributed by atoms with Crippen molar-refractivity contribution in [2.45, 2.75) is 25.3 Å². The lowest BCUT2D eigenvalue weighted by molar-refractivity contribution is -0.384. The van der Waals surface area contributed by atoms with Gasteiger partial charge in [-0.05, 0) is 43.2 Å². The van der Waals surface area contributed by atoms with Crippen LogP contribution in [0.15, 0.2) is 18.2 Å². The smallest absolute Gasteiger partial charge is 0.288 e. The van der Waals surface area contributed by atoms with Crippen LogP contribution < -0.4 is 11.1 Å². The van der Waals surface area contributed by atoms with Crippen LogP contribution in [0, 0.1) is 27.9 Å². The summed E-state index contributed by atoms with van der Waals surface area (Å²) in [7, 11) is 0. The number of nitrogens with one attached hydrogen (secondary N) is 1. The number of nitro groups is 1. The molecule has 4 unspecified atom stereocenters. The number of hydrogen-bond donors (Lipinski definition) is 2. The first-order valence-corrected chi connectivity index (χ1v) is 7.35. The maximum absolute atomic E-state index is 12.4. The Bertz CT molecular complexity index is 605. The van der Waals surface area contributed by atoms with E-state index in [2.05, 4.69) is 5.32 Å². The molecule has 112 valence electrons. The quantitative estimate of drug-likeness (QED) is 0.662. The summed E-state index contributed by atoms with van der Waals surface area (Å²) in [6.07, 6.45) is 3.19. The zero-order valence-electron chi connectivity index (χ0n) is 11.3. The van der Waals surface area contributed by atoms with Crippen molar-refractivity contribution in [2.75, 3.05) is 5.32 Å². The second-order valence-electron chi connectivity index (χ2n) is 5.85. The van der Waals surface area contributed by atoms with Crippen LogP contribution in [0.25, 0.3) is 0 Å². The largest absolute Gasteiger partial charge is 0.327 e. The highest BCUT2D eigenvalue weighted by Crippen LogP contribution is 2.48. The molecule has 2 aliphatic carbocycles. The lowest BCUT2D eigenvalue weighted by Gasteiger charge is -2.27. The van der Waals surface area contributed by atoms with Crippen molar-refractivity contribution in [1.29, 1.82) is 0 Å². The predicted octanol–water partition coefficient (Wildman–Crippen LogP) is 2.56. The number of nitrogens with two attached hydrogens (primary N) is 1. The molecular weight excluding hydrogens is 294 g/mol. The molecule has 4 atom stereocenters. The summed E-state index contributed by atoms with van der Waals surface area (Å²) in [6, 6.07) is 4.09. The number of carbonyl (C=O) groups is 1. The first kappa shape index (κ1) is 14.3. The monoisotopic (exact) mass is 309 g/mol. The fraction of sp³-hybridized carbons (Fsp3) is 0.500. The molecule has 2 aliphatic rings. The Morgan fingerprint density at radius 3 is 2.67 bits per heavy atom. The van der Waals surface area contributed by atoms with Gasteiger partial charge in [0.1, 0.15) is 5.02 Å². The summed E-state index contributed by atoms with van der Waals surface area (Å²) < 4.78 is 0. The molecule has 2 fully saturated rings. The van der Waals surface area contributed by atoms with Gasteiger partial charge >= 0.3 is 0 Å². The molecule has 3 rings (SSSR count). The van der Waals surface area contributed by atoms with Crippen LogP contribution >= 0.6 is 11.6 Å². The van der Waals surface area contributed by atoms with Crippen LogP contribution in [0.2, 0.25) is 5.02 Å². The van der Waals surface area contributed by atoms with E-state index in [0.29, 0.717) is 17.5 Å². The van der Waals surface area contributed by atoms with E-state index in [4.69, 9.17) is 17.3 Å². The molecule has 0 spiro atoms. The lowest BCUT2D eigenvalue weighted by Crippen LogP contribution is -2.42. The van der Waals surface area contributed by atoms with Gasteiger partial charge in [0.15, 0.2) is 0 Å². The standard InChI is InChI=1S/C14H16ClN3O3/c15-10-6-9(3-4-11(10)18(20)21)17-14(19)12-7-1-2-8(5-7)13(12)16/h3-4,6-8,12-13H,1-2,5,16H2,(H,17,19). The number of nitro benzene ring substituents is 1. The minimum absolute atomic E-state index is 0.00930. The van der Waals surface area contributed by atoms with Crippen LogP contribution in [-0.2, 0) is 4.79 Å². The number of amides is 1. The van der Waals surface area contributed by atoms with E-state index >= 15 is 0 Å². The molecule has 7 heteroatoms. The van der Waals surface area contributed by atoms with E-state index in [1.807, 2.05) is 0 Å². The van der Waals surface area contributed by atoms with Gasteiger partial charge in [-0.25, -0.2) is 0 Å². The Morgan fingerprint density at radius 2 is 2.10 bits per heavy atom. The molecule has 2 bridgehead atoms. The lowest BCUT2D eigenvalue weighted by atomic mass is 9.84. The third-order valence-electron chi connectivity index (χ3n) is 4.70. The molecule has 0 aliphatic heterocycles. The molecule has 0 radical (unpaired) electrons. The van der Waals surface area contributed by atoms with Gasteiger partial charge in [0.2, 0.25) is 5.91 Å². The minimum atomic E-state index is -0.556. The molecular formula is C14H16ClN3O3. The molecule has 1 amide bonds. The first-order valence-electron chi connectivity index (χ1n) is 6.97. The van der Waals surface area contributed by atoms with Crippen molar-refractivity contribution in [3.05, 3.63) is 33.3 Å². The van der Waals surface area contributed by atoms with Gasteiger partial charge in [0, 0.05) is 17.8 Å². The Hall–Kier alpha value is -1.66. The number of benzene rings is 1. The number of rotatable bonds is 3. The number of nitrogens with zero attached hydrogens (tertiary/aromatic N) is 1. The SMILES string of the molecule is NC1C2CCC(C2)C1C(=O)Nc1ccc([N+](=O)[O-])c(Cl)c1. The topological polar surface area (TPSA) is 98.3 Å². The molecule has 21 heavy (non-hydrogen) atoms. The number of halogens is 1. The van der Waals surface area contributed by atoms with Crippen molar-refractivity contribution in [3.63, 3.8) is 0 Å². The molecule has 0 heterocycles.